The molecule has 1 aliphatic rings. The first kappa shape index (κ1) is 18.4. The van der Waals surface area contributed by atoms with Crippen molar-refractivity contribution in [3.63, 3.8) is 0 Å². The van der Waals surface area contributed by atoms with Gasteiger partial charge in [0.05, 0.1) is 10.0 Å². The lowest BCUT2D eigenvalue weighted by Crippen LogP contribution is -2.34. The van der Waals surface area contributed by atoms with Gasteiger partial charge in [-0.15, -0.1) is 11.8 Å². The highest BCUT2D eigenvalue weighted by Crippen LogP contribution is 2.38. The number of benzene rings is 2. The number of halogens is 2. The highest BCUT2D eigenvalue weighted by molar-refractivity contribution is 7.99. The summed E-state index contributed by atoms with van der Waals surface area (Å²) in [5, 5.41) is 3.84. The first-order chi connectivity index (χ1) is 12.0. The molecular weight excluding hydrogens is 375 g/mol. The highest BCUT2D eigenvalue weighted by Gasteiger charge is 2.30. The second-order valence-electron chi connectivity index (χ2n) is 6.30. The molecule has 0 aromatic heterocycles. The first-order valence-corrected chi connectivity index (χ1v) is 10.0. The zero-order valence-electron chi connectivity index (χ0n) is 14.1. The van der Waals surface area contributed by atoms with Crippen LogP contribution in [0.1, 0.15) is 36.3 Å². The number of nitrogens with zero attached hydrogens (tertiary/aromatic N) is 1. The van der Waals surface area contributed by atoms with Gasteiger partial charge >= 0.3 is 6.03 Å². The van der Waals surface area contributed by atoms with Gasteiger partial charge < -0.3 is 10.2 Å². The van der Waals surface area contributed by atoms with E-state index in [1.807, 2.05) is 4.90 Å². The molecule has 1 saturated heterocycles. The first-order valence-electron chi connectivity index (χ1n) is 8.20. The van der Waals surface area contributed by atoms with Crippen molar-refractivity contribution in [2.45, 2.75) is 25.1 Å². The fraction of sp³-hybridized carbons (Fsp3) is 0.316. The van der Waals surface area contributed by atoms with E-state index < -0.39 is 0 Å². The zero-order chi connectivity index (χ0) is 18.0. The molecule has 1 aliphatic heterocycles. The molecule has 1 N–H and O–H groups in total. The second-order valence-corrected chi connectivity index (χ2v) is 8.30. The van der Waals surface area contributed by atoms with Crippen LogP contribution in [0.25, 0.3) is 0 Å². The molecule has 0 bridgehead atoms. The van der Waals surface area contributed by atoms with E-state index in [0.29, 0.717) is 28.2 Å². The molecular formula is C19H20Cl2N2OS. The summed E-state index contributed by atoms with van der Waals surface area (Å²) in [6, 6.07) is 13.5. The van der Waals surface area contributed by atoms with Crippen LogP contribution < -0.4 is 5.32 Å². The quantitative estimate of drug-likeness (QED) is 0.653. The number of carbonyl (C=O) groups is 1. The second kappa shape index (κ2) is 7.90. The number of carbonyl (C=O) groups excluding carboxylic acids is 1. The van der Waals surface area contributed by atoms with Gasteiger partial charge in [-0.25, -0.2) is 4.79 Å². The number of amides is 2. The van der Waals surface area contributed by atoms with Gasteiger partial charge in [0, 0.05) is 18.0 Å². The number of anilines is 1. The van der Waals surface area contributed by atoms with Crippen LogP contribution in [-0.2, 0) is 0 Å². The van der Waals surface area contributed by atoms with Gasteiger partial charge in [-0.3, -0.25) is 0 Å². The van der Waals surface area contributed by atoms with Gasteiger partial charge in [-0.1, -0.05) is 61.3 Å². The molecule has 2 aromatic carbocycles. The maximum atomic E-state index is 12.7. The van der Waals surface area contributed by atoms with Gasteiger partial charge in [0.15, 0.2) is 0 Å². The predicted octanol–water partition coefficient (Wildman–Crippen LogP) is 6.40. The number of nitrogens with one attached hydrogen (secondary N) is 1. The summed E-state index contributed by atoms with van der Waals surface area (Å²) in [6.45, 7) is 5.07. The molecule has 132 valence electrons. The average Bonchev–Trinajstić information content (AvgIpc) is 3.08. The minimum absolute atomic E-state index is 0.0315. The van der Waals surface area contributed by atoms with Gasteiger partial charge in [0.1, 0.15) is 5.37 Å². The molecule has 1 atom stereocenters. The third kappa shape index (κ3) is 4.25. The van der Waals surface area contributed by atoms with Crippen molar-refractivity contribution in [1.82, 2.24) is 4.90 Å². The lowest BCUT2D eigenvalue weighted by atomic mass is 10.0. The molecule has 3 rings (SSSR count). The Bertz CT molecular complexity index is 765. The van der Waals surface area contributed by atoms with Crippen molar-refractivity contribution in [3.8, 4) is 0 Å². The summed E-state index contributed by atoms with van der Waals surface area (Å²) in [7, 11) is 0. The highest BCUT2D eigenvalue weighted by atomic mass is 35.5. The molecule has 0 spiro atoms. The molecule has 2 aromatic rings. The van der Waals surface area contributed by atoms with E-state index in [0.717, 1.165) is 11.3 Å². The van der Waals surface area contributed by atoms with Gasteiger partial charge in [-0.05, 0) is 35.2 Å². The normalized spacial score (nSPS) is 17.2. The molecule has 0 saturated carbocycles. The van der Waals surface area contributed by atoms with Crippen LogP contribution in [0.3, 0.4) is 0 Å². The van der Waals surface area contributed by atoms with Crippen molar-refractivity contribution in [3.05, 3.63) is 63.6 Å². The molecule has 0 radical (unpaired) electrons. The van der Waals surface area contributed by atoms with E-state index in [4.69, 9.17) is 23.2 Å². The van der Waals surface area contributed by atoms with E-state index >= 15 is 0 Å². The van der Waals surface area contributed by atoms with E-state index in [2.05, 4.69) is 43.4 Å². The lowest BCUT2D eigenvalue weighted by Gasteiger charge is -2.25. The van der Waals surface area contributed by atoms with Crippen LogP contribution in [0, 0.1) is 0 Å². The minimum atomic E-state index is -0.124. The molecule has 1 fully saturated rings. The molecule has 6 heteroatoms. The topological polar surface area (TPSA) is 32.3 Å². The van der Waals surface area contributed by atoms with Crippen molar-refractivity contribution in [2.24, 2.45) is 0 Å². The van der Waals surface area contributed by atoms with E-state index in [1.54, 1.807) is 30.0 Å². The number of hydrogen-bond acceptors (Lipinski definition) is 2. The predicted molar refractivity (Wildman–Crippen MR) is 108 cm³/mol. The Balaban J connectivity index is 1.74. The summed E-state index contributed by atoms with van der Waals surface area (Å²) < 4.78 is 0. The monoisotopic (exact) mass is 394 g/mol. The molecule has 0 aliphatic carbocycles. The maximum absolute atomic E-state index is 12.7. The molecule has 0 unspecified atom stereocenters. The molecule has 3 nitrogen and oxygen atoms in total. The van der Waals surface area contributed by atoms with E-state index in [1.165, 1.54) is 5.56 Å². The summed E-state index contributed by atoms with van der Waals surface area (Å²) in [4.78, 5) is 14.6. The van der Waals surface area contributed by atoms with Crippen LogP contribution in [0.5, 0.6) is 0 Å². The van der Waals surface area contributed by atoms with E-state index in [9.17, 15) is 4.79 Å². The third-order valence-electron chi connectivity index (χ3n) is 4.21. The Kier molecular flexibility index (Phi) is 5.82. The van der Waals surface area contributed by atoms with Gasteiger partial charge in [0.2, 0.25) is 0 Å². The average molecular weight is 395 g/mol. The summed E-state index contributed by atoms with van der Waals surface area (Å²) in [5.74, 6) is 1.42. The smallest absolute Gasteiger partial charge is 0.308 e. The Morgan fingerprint density at radius 1 is 1.16 bits per heavy atom. The Morgan fingerprint density at radius 2 is 1.88 bits per heavy atom. The summed E-state index contributed by atoms with van der Waals surface area (Å²) in [6.07, 6.45) is 0. The van der Waals surface area contributed by atoms with Crippen molar-refractivity contribution in [2.75, 3.05) is 17.6 Å². The standard InChI is InChI=1S/C19H20Cl2N2OS/c1-12(2)13-3-5-14(6-4-13)18-23(9-10-25-18)19(24)22-15-7-8-16(20)17(21)11-15/h3-8,11-12,18H,9-10H2,1-2H3,(H,22,24)/t18-/m0/s1. The van der Waals surface area contributed by atoms with Crippen molar-refractivity contribution >= 4 is 46.7 Å². The van der Waals surface area contributed by atoms with Gasteiger partial charge in [-0.2, -0.15) is 0 Å². The van der Waals surface area contributed by atoms with Crippen molar-refractivity contribution < 1.29 is 4.79 Å². The Morgan fingerprint density at radius 3 is 2.52 bits per heavy atom. The van der Waals surface area contributed by atoms with Crippen LogP contribution in [0.15, 0.2) is 42.5 Å². The minimum Gasteiger partial charge on any atom is -0.308 e. The van der Waals surface area contributed by atoms with Crippen LogP contribution >= 0.6 is 35.0 Å². The fourth-order valence-corrected chi connectivity index (χ4v) is 4.32. The van der Waals surface area contributed by atoms with Crippen LogP contribution in [0.2, 0.25) is 10.0 Å². The molecule has 25 heavy (non-hydrogen) atoms. The third-order valence-corrected chi connectivity index (χ3v) is 6.21. The molecule has 2 amide bonds. The number of rotatable bonds is 3. The number of hydrogen-bond donors (Lipinski definition) is 1. The van der Waals surface area contributed by atoms with E-state index in [-0.39, 0.29) is 11.4 Å². The maximum Gasteiger partial charge on any atom is 0.323 e. The lowest BCUT2D eigenvalue weighted by molar-refractivity contribution is 0.214. The Hall–Kier alpha value is -1.36. The number of urea groups is 1. The van der Waals surface area contributed by atoms with Crippen molar-refractivity contribution in [1.29, 1.82) is 0 Å². The van der Waals surface area contributed by atoms with Crippen LogP contribution in [-0.4, -0.2) is 23.2 Å². The molecule has 1 heterocycles. The largest absolute Gasteiger partial charge is 0.323 e. The zero-order valence-corrected chi connectivity index (χ0v) is 16.5. The SMILES string of the molecule is CC(C)c1ccc([C@@H]2SCCN2C(=O)Nc2ccc(Cl)c(Cl)c2)cc1. The summed E-state index contributed by atoms with van der Waals surface area (Å²) >= 11 is 13.7. The Labute approximate surface area is 162 Å². The van der Waals surface area contributed by atoms with Gasteiger partial charge in [0.25, 0.3) is 0 Å². The fourth-order valence-electron chi connectivity index (χ4n) is 2.77. The van der Waals surface area contributed by atoms with Crippen LogP contribution in [0.4, 0.5) is 10.5 Å². The summed E-state index contributed by atoms with van der Waals surface area (Å²) in [5.41, 5.74) is 3.10. The number of thioether (sulfide) groups is 1.